The van der Waals surface area contributed by atoms with E-state index in [0.29, 0.717) is 10.0 Å². The van der Waals surface area contributed by atoms with Gasteiger partial charge in [-0.25, -0.2) is 0 Å². The number of amides is 2. The van der Waals surface area contributed by atoms with Gasteiger partial charge in [0.15, 0.2) is 0 Å². The highest BCUT2D eigenvalue weighted by Gasteiger charge is 2.15. The normalized spacial score (nSPS) is 11.9. The van der Waals surface area contributed by atoms with Crippen LogP contribution in [-0.2, 0) is 4.79 Å². The van der Waals surface area contributed by atoms with Crippen LogP contribution in [-0.4, -0.2) is 17.9 Å². The first-order valence-corrected chi connectivity index (χ1v) is 6.34. The first-order valence-electron chi connectivity index (χ1n) is 4.47. The Bertz CT molecular complexity index is 437. The molecule has 1 aromatic rings. The van der Waals surface area contributed by atoms with Crippen molar-refractivity contribution in [3.05, 3.63) is 31.8 Å². The third-order valence-electron chi connectivity index (χ3n) is 1.95. The summed E-state index contributed by atoms with van der Waals surface area (Å²) in [5.74, 6) is -0.883. The van der Waals surface area contributed by atoms with Crippen LogP contribution < -0.4 is 11.1 Å². The molecular weight excluding hydrogens is 387 g/mol. The molecular formula is C10H10BrIN2O2. The van der Waals surface area contributed by atoms with Gasteiger partial charge in [0.25, 0.3) is 5.91 Å². The van der Waals surface area contributed by atoms with Crippen LogP contribution in [0, 0.1) is 3.57 Å². The second-order valence-electron chi connectivity index (χ2n) is 3.22. The van der Waals surface area contributed by atoms with Gasteiger partial charge >= 0.3 is 0 Å². The number of hydrogen-bond donors (Lipinski definition) is 2. The predicted octanol–water partition coefficient (Wildman–Crippen LogP) is 1.66. The third kappa shape index (κ3) is 3.44. The zero-order chi connectivity index (χ0) is 12.3. The van der Waals surface area contributed by atoms with E-state index in [1.165, 1.54) is 0 Å². The zero-order valence-corrected chi connectivity index (χ0v) is 12.2. The molecule has 0 fully saturated rings. The number of hydrogen-bond acceptors (Lipinski definition) is 2. The first kappa shape index (κ1) is 13.4. The van der Waals surface area contributed by atoms with E-state index >= 15 is 0 Å². The summed E-state index contributed by atoms with van der Waals surface area (Å²) in [6, 6.07) is 4.70. The summed E-state index contributed by atoms with van der Waals surface area (Å²) in [4.78, 5) is 22.6. The van der Waals surface area contributed by atoms with E-state index < -0.39 is 11.9 Å². The maximum absolute atomic E-state index is 11.8. The first-order chi connectivity index (χ1) is 7.41. The molecule has 3 N–H and O–H groups in total. The molecule has 0 saturated carbocycles. The molecule has 4 nitrogen and oxygen atoms in total. The molecule has 0 unspecified atom stereocenters. The summed E-state index contributed by atoms with van der Waals surface area (Å²) in [5, 5.41) is 2.52. The monoisotopic (exact) mass is 396 g/mol. The topological polar surface area (TPSA) is 72.2 Å². The number of nitrogens with one attached hydrogen (secondary N) is 1. The fraction of sp³-hybridized carbons (Fsp3) is 0.200. The highest BCUT2D eigenvalue weighted by molar-refractivity contribution is 14.1. The highest BCUT2D eigenvalue weighted by Crippen LogP contribution is 2.19. The van der Waals surface area contributed by atoms with Crippen LogP contribution in [0.15, 0.2) is 22.7 Å². The molecule has 0 aromatic heterocycles. The van der Waals surface area contributed by atoms with Crippen molar-refractivity contribution in [3.63, 3.8) is 0 Å². The number of benzene rings is 1. The number of carbonyl (C=O) groups is 2. The molecule has 0 spiro atoms. The minimum absolute atomic E-state index is 0.323. The van der Waals surface area contributed by atoms with Gasteiger partial charge in [-0.1, -0.05) is 0 Å². The van der Waals surface area contributed by atoms with Crippen molar-refractivity contribution in [1.82, 2.24) is 5.32 Å². The summed E-state index contributed by atoms with van der Waals surface area (Å²) in [6.07, 6.45) is 0. The average molecular weight is 397 g/mol. The van der Waals surface area contributed by atoms with Gasteiger partial charge < -0.3 is 11.1 Å². The summed E-state index contributed by atoms with van der Waals surface area (Å²) in [6.45, 7) is 1.54. The summed E-state index contributed by atoms with van der Waals surface area (Å²) >= 11 is 5.39. The van der Waals surface area contributed by atoms with E-state index in [1.54, 1.807) is 19.1 Å². The van der Waals surface area contributed by atoms with Gasteiger partial charge in [0.1, 0.15) is 6.04 Å². The van der Waals surface area contributed by atoms with Crippen LogP contribution in [0.2, 0.25) is 0 Å². The number of halogens is 2. The number of primary amides is 1. The molecule has 1 aromatic carbocycles. The molecule has 0 radical (unpaired) electrons. The summed E-state index contributed by atoms with van der Waals surface area (Å²) < 4.78 is 1.62. The Morgan fingerprint density at radius 2 is 2.12 bits per heavy atom. The third-order valence-corrected chi connectivity index (χ3v) is 3.31. The molecule has 1 atom stereocenters. The molecule has 0 aliphatic carbocycles. The smallest absolute Gasteiger partial charge is 0.253 e. The van der Waals surface area contributed by atoms with Crippen LogP contribution in [0.1, 0.15) is 17.3 Å². The molecule has 86 valence electrons. The molecule has 0 aliphatic rings. The van der Waals surface area contributed by atoms with Crippen LogP contribution in [0.5, 0.6) is 0 Å². The molecule has 0 saturated heterocycles. The Labute approximate surface area is 115 Å². The SMILES string of the molecule is C[C@@H](NC(=O)c1cc(I)ccc1Br)C(N)=O. The molecule has 1 rings (SSSR count). The van der Waals surface area contributed by atoms with Crippen LogP contribution >= 0.6 is 38.5 Å². The Kier molecular flexibility index (Phi) is 4.72. The van der Waals surface area contributed by atoms with Gasteiger partial charge in [-0.05, 0) is 63.6 Å². The van der Waals surface area contributed by atoms with E-state index in [2.05, 4.69) is 43.8 Å². The Balaban J connectivity index is 2.88. The highest BCUT2D eigenvalue weighted by atomic mass is 127. The van der Waals surface area contributed by atoms with Crippen LogP contribution in [0.4, 0.5) is 0 Å². The average Bonchev–Trinajstić information content (AvgIpc) is 2.21. The van der Waals surface area contributed by atoms with E-state index in [9.17, 15) is 9.59 Å². The molecule has 0 heterocycles. The lowest BCUT2D eigenvalue weighted by atomic mass is 10.2. The van der Waals surface area contributed by atoms with Gasteiger partial charge in [0, 0.05) is 8.04 Å². The minimum Gasteiger partial charge on any atom is -0.368 e. The second kappa shape index (κ2) is 5.62. The van der Waals surface area contributed by atoms with Crippen molar-refractivity contribution in [2.45, 2.75) is 13.0 Å². The van der Waals surface area contributed by atoms with Crippen LogP contribution in [0.3, 0.4) is 0 Å². The summed E-state index contributed by atoms with van der Waals surface area (Å²) in [5.41, 5.74) is 5.55. The number of rotatable bonds is 3. The molecule has 16 heavy (non-hydrogen) atoms. The van der Waals surface area contributed by atoms with Crippen molar-refractivity contribution in [2.24, 2.45) is 5.73 Å². The molecule has 6 heteroatoms. The number of carbonyl (C=O) groups excluding carboxylic acids is 2. The van der Waals surface area contributed by atoms with Crippen molar-refractivity contribution in [1.29, 1.82) is 0 Å². The van der Waals surface area contributed by atoms with Crippen molar-refractivity contribution in [2.75, 3.05) is 0 Å². The number of nitrogens with two attached hydrogens (primary N) is 1. The van der Waals surface area contributed by atoms with E-state index in [0.717, 1.165) is 3.57 Å². The predicted molar refractivity (Wildman–Crippen MR) is 73.0 cm³/mol. The van der Waals surface area contributed by atoms with Crippen molar-refractivity contribution >= 4 is 50.3 Å². The van der Waals surface area contributed by atoms with Crippen LogP contribution in [0.25, 0.3) is 0 Å². The fourth-order valence-electron chi connectivity index (χ4n) is 1.02. The van der Waals surface area contributed by atoms with Crippen molar-refractivity contribution in [3.8, 4) is 0 Å². The maximum Gasteiger partial charge on any atom is 0.253 e. The van der Waals surface area contributed by atoms with Gasteiger partial charge in [-0.2, -0.15) is 0 Å². The largest absolute Gasteiger partial charge is 0.368 e. The van der Waals surface area contributed by atoms with Gasteiger partial charge in [0.2, 0.25) is 5.91 Å². The lowest BCUT2D eigenvalue weighted by molar-refractivity contribution is -0.119. The summed E-state index contributed by atoms with van der Waals surface area (Å²) in [7, 11) is 0. The molecule has 0 bridgehead atoms. The van der Waals surface area contributed by atoms with E-state index in [4.69, 9.17) is 5.73 Å². The van der Waals surface area contributed by atoms with Gasteiger partial charge in [-0.15, -0.1) is 0 Å². The van der Waals surface area contributed by atoms with Gasteiger partial charge in [-0.3, -0.25) is 9.59 Å². The Morgan fingerprint density at radius 1 is 1.50 bits per heavy atom. The fourth-order valence-corrected chi connectivity index (χ4v) is 1.93. The molecule has 0 aliphatic heterocycles. The minimum atomic E-state index is -0.683. The van der Waals surface area contributed by atoms with E-state index in [-0.39, 0.29) is 5.91 Å². The molecule has 2 amide bonds. The standard InChI is InChI=1S/C10H10BrIN2O2/c1-5(9(13)15)14-10(16)7-4-6(12)2-3-8(7)11/h2-5H,1H3,(H2,13,15)(H,14,16)/t5-/m1/s1. The Hall–Kier alpha value is -0.630. The zero-order valence-electron chi connectivity index (χ0n) is 8.46. The quantitative estimate of drug-likeness (QED) is 0.762. The second-order valence-corrected chi connectivity index (χ2v) is 5.32. The Morgan fingerprint density at radius 3 is 2.69 bits per heavy atom. The lowest BCUT2D eigenvalue weighted by Gasteiger charge is -2.11. The van der Waals surface area contributed by atoms with E-state index in [1.807, 2.05) is 6.07 Å². The lowest BCUT2D eigenvalue weighted by Crippen LogP contribution is -2.42. The van der Waals surface area contributed by atoms with Gasteiger partial charge in [0.05, 0.1) is 5.56 Å². The van der Waals surface area contributed by atoms with Crippen molar-refractivity contribution < 1.29 is 9.59 Å². The maximum atomic E-state index is 11.8.